The monoisotopic (exact) mass is 498 g/mol. The predicted molar refractivity (Wildman–Crippen MR) is 140 cm³/mol. The number of aromatic nitrogens is 1. The SMILES string of the molecule is CC(C)C#Cc1cnc2c(c1)C(=O)N([C@@H](C)CO)C[C@H](C)[C@H](CN(C)C(=O)CCN1CCCCC1)O2. The molecular formula is C28H42N4O4. The van der Waals surface area contributed by atoms with Crippen molar-refractivity contribution in [2.24, 2.45) is 11.8 Å². The molecule has 1 fully saturated rings. The van der Waals surface area contributed by atoms with E-state index in [4.69, 9.17) is 4.74 Å². The largest absolute Gasteiger partial charge is 0.472 e. The molecule has 36 heavy (non-hydrogen) atoms. The molecular weight excluding hydrogens is 456 g/mol. The fourth-order valence-corrected chi connectivity index (χ4v) is 4.62. The summed E-state index contributed by atoms with van der Waals surface area (Å²) >= 11 is 0. The van der Waals surface area contributed by atoms with Crippen LogP contribution in [0.25, 0.3) is 0 Å². The third-order valence-corrected chi connectivity index (χ3v) is 7.00. The molecule has 3 rings (SSSR count). The minimum absolute atomic E-state index is 0.0735. The molecule has 0 unspecified atom stereocenters. The van der Waals surface area contributed by atoms with Crippen molar-refractivity contribution in [3.63, 3.8) is 0 Å². The van der Waals surface area contributed by atoms with Crippen molar-refractivity contribution >= 4 is 11.8 Å². The molecule has 0 spiro atoms. The molecule has 1 aromatic rings. The Morgan fingerprint density at radius 1 is 1.28 bits per heavy atom. The van der Waals surface area contributed by atoms with Gasteiger partial charge in [0.05, 0.1) is 19.2 Å². The average Bonchev–Trinajstić information content (AvgIpc) is 2.88. The van der Waals surface area contributed by atoms with Crippen LogP contribution < -0.4 is 4.74 Å². The molecule has 3 atom stereocenters. The maximum Gasteiger partial charge on any atom is 0.259 e. The molecule has 1 aromatic heterocycles. The smallest absolute Gasteiger partial charge is 0.259 e. The van der Waals surface area contributed by atoms with Gasteiger partial charge in [0.15, 0.2) is 0 Å². The first kappa shape index (κ1) is 27.9. The number of carbonyl (C=O) groups excluding carboxylic acids is 2. The van der Waals surface area contributed by atoms with Crippen molar-refractivity contribution in [1.29, 1.82) is 0 Å². The van der Waals surface area contributed by atoms with E-state index in [0.717, 1.165) is 19.6 Å². The van der Waals surface area contributed by atoms with Crippen LogP contribution in [0.1, 0.15) is 69.3 Å². The summed E-state index contributed by atoms with van der Waals surface area (Å²) in [5.41, 5.74) is 0.980. The Balaban J connectivity index is 1.79. The summed E-state index contributed by atoms with van der Waals surface area (Å²) in [6, 6.07) is 1.36. The first-order chi connectivity index (χ1) is 17.2. The highest BCUT2D eigenvalue weighted by Crippen LogP contribution is 2.27. The van der Waals surface area contributed by atoms with Crippen LogP contribution in [0.4, 0.5) is 0 Å². The molecule has 1 saturated heterocycles. The zero-order chi connectivity index (χ0) is 26.2. The highest BCUT2D eigenvalue weighted by Gasteiger charge is 2.34. The number of carbonyl (C=O) groups is 2. The second-order valence-electron chi connectivity index (χ2n) is 10.6. The summed E-state index contributed by atoms with van der Waals surface area (Å²) in [5.74, 6) is 6.39. The number of ether oxygens (including phenoxy) is 1. The number of rotatable bonds is 7. The van der Waals surface area contributed by atoms with Crippen LogP contribution in [0, 0.1) is 23.7 Å². The summed E-state index contributed by atoms with van der Waals surface area (Å²) < 4.78 is 6.30. The Bertz CT molecular complexity index is 964. The van der Waals surface area contributed by atoms with Crippen LogP contribution in [0.5, 0.6) is 5.88 Å². The lowest BCUT2D eigenvalue weighted by Crippen LogP contribution is -2.50. The number of nitrogens with zero attached hydrogens (tertiary/aromatic N) is 4. The molecule has 2 aliphatic rings. The van der Waals surface area contributed by atoms with Crippen molar-refractivity contribution < 1.29 is 19.4 Å². The highest BCUT2D eigenvalue weighted by molar-refractivity contribution is 5.97. The minimum Gasteiger partial charge on any atom is -0.472 e. The van der Waals surface area contributed by atoms with Gasteiger partial charge in [-0.3, -0.25) is 9.59 Å². The second kappa shape index (κ2) is 13.1. The van der Waals surface area contributed by atoms with E-state index in [9.17, 15) is 14.7 Å². The summed E-state index contributed by atoms with van der Waals surface area (Å²) in [6.07, 6.45) is 5.44. The van der Waals surface area contributed by atoms with Gasteiger partial charge in [-0.2, -0.15) is 0 Å². The Morgan fingerprint density at radius 3 is 2.67 bits per heavy atom. The fraction of sp³-hybridized carbons (Fsp3) is 0.679. The number of fused-ring (bicyclic) bond motifs is 1. The van der Waals surface area contributed by atoms with Crippen LogP contribution in [-0.2, 0) is 4.79 Å². The Morgan fingerprint density at radius 2 is 2.00 bits per heavy atom. The fourth-order valence-electron chi connectivity index (χ4n) is 4.62. The van der Waals surface area contributed by atoms with Gasteiger partial charge in [-0.15, -0.1) is 0 Å². The normalized spacial score (nSPS) is 21.5. The number of hydrogen-bond acceptors (Lipinski definition) is 6. The van der Waals surface area contributed by atoms with Crippen LogP contribution in [0.2, 0.25) is 0 Å². The highest BCUT2D eigenvalue weighted by atomic mass is 16.5. The molecule has 8 heteroatoms. The second-order valence-corrected chi connectivity index (χ2v) is 10.6. The number of piperidine rings is 1. The molecule has 2 aliphatic heterocycles. The van der Waals surface area contributed by atoms with Gasteiger partial charge in [-0.25, -0.2) is 4.98 Å². The van der Waals surface area contributed by atoms with E-state index in [0.29, 0.717) is 30.6 Å². The molecule has 0 aromatic carbocycles. The van der Waals surface area contributed by atoms with E-state index in [1.807, 2.05) is 34.7 Å². The van der Waals surface area contributed by atoms with Gasteiger partial charge in [0.1, 0.15) is 11.7 Å². The average molecular weight is 499 g/mol. The van der Waals surface area contributed by atoms with E-state index in [-0.39, 0.29) is 48.3 Å². The van der Waals surface area contributed by atoms with Crippen molar-refractivity contribution in [2.45, 2.75) is 65.5 Å². The summed E-state index contributed by atoms with van der Waals surface area (Å²) in [7, 11) is 1.81. The number of aliphatic hydroxyl groups is 1. The maximum absolute atomic E-state index is 13.5. The molecule has 198 valence electrons. The molecule has 0 saturated carbocycles. The first-order valence-electron chi connectivity index (χ1n) is 13.3. The molecule has 8 nitrogen and oxygen atoms in total. The molecule has 3 heterocycles. The molecule has 1 N–H and O–H groups in total. The first-order valence-corrected chi connectivity index (χ1v) is 13.3. The van der Waals surface area contributed by atoms with E-state index in [1.54, 1.807) is 22.1 Å². The van der Waals surface area contributed by atoms with Gasteiger partial charge in [0, 0.05) is 50.2 Å². The number of aliphatic hydroxyl groups excluding tert-OH is 1. The molecule has 0 bridgehead atoms. The minimum atomic E-state index is -0.360. The van der Waals surface area contributed by atoms with Gasteiger partial charge < -0.3 is 24.5 Å². The van der Waals surface area contributed by atoms with Gasteiger partial charge in [0.2, 0.25) is 11.8 Å². The number of likely N-dealkylation sites (tertiary alicyclic amines) is 1. The lowest BCUT2D eigenvalue weighted by atomic mass is 9.99. The lowest BCUT2D eigenvalue weighted by molar-refractivity contribution is -0.131. The maximum atomic E-state index is 13.5. The summed E-state index contributed by atoms with van der Waals surface area (Å²) in [5, 5.41) is 9.83. The number of likely N-dealkylation sites (N-methyl/N-ethyl adjacent to an activating group) is 1. The zero-order valence-electron chi connectivity index (χ0n) is 22.5. The summed E-state index contributed by atoms with van der Waals surface area (Å²) in [6.45, 7) is 11.4. The van der Waals surface area contributed by atoms with E-state index in [1.165, 1.54) is 19.3 Å². The number of hydrogen-bond donors (Lipinski definition) is 1. The number of pyridine rings is 1. The van der Waals surface area contributed by atoms with Gasteiger partial charge in [0.25, 0.3) is 5.91 Å². The van der Waals surface area contributed by atoms with E-state index >= 15 is 0 Å². The molecule has 2 amide bonds. The predicted octanol–water partition coefficient (Wildman–Crippen LogP) is 2.64. The van der Waals surface area contributed by atoms with Gasteiger partial charge >= 0.3 is 0 Å². The Kier molecular flexibility index (Phi) is 10.1. The zero-order valence-corrected chi connectivity index (χ0v) is 22.5. The van der Waals surface area contributed by atoms with Crippen molar-refractivity contribution in [3.05, 3.63) is 23.4 Å². The van der Waals surface area contributed by atoms with Crippen molar-refractivity contribution in [3.8, 4) is 17.7 Å². The van der Waals surface area contributed by atoms with Crippen LogP contribution in [0.3, 0.4) is 0 Å². The molecule has 0 radical (unpaired) electrons. The topological polar surface area (TPSA) is 86.2 Å². The lowest BCUT2D eigenvalue weighted by Gasteiger charge is -2.37. The standard InChI is InChI=1S/C28H42N4O4/c1-20(2)9-10-23-15-24-27(29-16-23)36-25(21(3)17-32(28(24)35)22(4)19-33)18-30(5)26(34)11-14-31-12-7-6-8-13-31/h15-16,20-22,25,33H,6-8,11-14,17-19H2,1-5H3/t21-,22-,25-/m0/s1. The van der Waals surface area contributed by atoms with Crippen LogP contribution >= 0.6 is 0 Å². The summed E-state index contributed by atoms with van der Waals surface area (Å²) in [4.78, 5) is 36.6. The third-order valence-electron chi connectivity index (χ3n) is 7.00. The van der Waals surface area contributed by atoms with E-state index in [2.05, 4.69) is 21.7 Å². The van der Waals surface area contributed by atoms with Gasteiger partial charge in [-0.05, 0) is 38.9 Å². The third kappa shape index (κ3) is 7.44. The number of amides is 2. The van der Waals surface area contributed by atoms with Gasteiger partial charge in [-0.1, -0.05) is 39.0 Å². The van der Waals surface area contributed by atoms with Crippen molar-refractivity contribution in [2.75, 3.05) is 46.4 Å². The van der Waals surface area contributed by atoms with Crippen LogP contribution in [-0.4, -0.2) is 95.1 Å². The Labute approximate surface area is 216 Å². The van der Waals surface area contributed by atoms with Crippen molar-refractivity contribution in [1.82, 2.24) is 19.7 Å². The quantitative estimate of drug-likeness (QED) is 0.582. The van der Waals surface area contributed by atoms with E-state index < -0.39 is 0 Å². The molecule has 0 aliphatic carbocycles. The van der Waals surface area contributed by atoms with Crippen LogP contribution in [0.15, 0.2) is 12.3 Å². The Hall–Kier alpha value is -2.63.